The van der Waals surface area contributed by atoms with Crippen LogP contribution in [0.5, 0.6) is 0 Å². The third-order valence-electron chi connectivity index (χ3n) is 4.49. The van der Waals surface area contributed by atoms with E-state index in [2.05, 4.69) is 49.7 Å². The van der Waals surface area contributed by atoms with Gasteiger partial charge in [0.25, 0.3) is 0 Å². The Morgan fingerprint density at radius 2 is 1.91 bits per heavy atom. The predicted molar refractivity (Wildman–Crippen MR) is 92.8 cm³/mol. The molecule has 1 saturated carbocycles. The van der Waals surface area contributed by atoms with Gasteiger partial charge in [-0.25, -0.2) is 4.98 Å². The van der Waals surface area contributed by atoms with E-state index in [-0.39, 0.29) is 0 Å². The van der Waals surface area contributed by atoms with Gasteiger partial charge in [0.2, 0.25) is 0 Å². The van der Waals surface area contributed by atoms with Crippen molar-refractivity contribution >= 4 is 27.0 Å². The Morgan fingerprint density at radius 1 is 1.05 bits per heavy atom. The Bertz CT molecular complexity index is 789. The van der Waals surface area contributed by atoms with E-state index in [0.717, 1.165) is 21.5 Å². The summed E-state index contributed by atoms with van der Waals surface area (Å²) >= 11 is 3.55. The summed E-state index contributed by atoms with van der Waals surface area (Å²) in [5, 5.41) is 0. The SMILES string of the molecule is Brc1ccc2c(c1)nc(-c1ccccn1)n2C1CCCCC1. The first kappa shape index (κ1) is 13.9. The molecule has 2 heterocycles. The molecule has 0 N–H and O–H groups in total. The van der Waals surface area contributed by atoms with Gasteiger partial charge in [-0.2, -0.15) is 0 Å². The summed E-state index contributed by atoms with van der Waals surface area (Å²) in [6.07, 6.45) is 8.29. The normalized spacial score (nSPS) is 16.2. The summed E-state index contributed by atoms with van der Waals surface area (Å²) in [5.41, 5.74) is 3.22. The molecule has 0 atom stereocenters. The van der Waals surface area contributed by atoms with E-state index in [4.69, 9.17) is 4.98 Å². The van der Waals surface area contributed by atoms with Gasteiger partial charge in [-0.1, -0.05) is 41.3 Å². The van der Waals surface area contributed by atoms with Gasteiger partial charge in [-0.15, -0.1) is 0 Å². The van der Waals surface area contributed by atoms with Gasteiger partial charge < -0.3 is 4.57 Å². The van der Waals surface area contributed by atoms with Crippen LogP contribution >= 0.6 is 15.9 Å². The lowest BCUT2D eigenvalue weighted by molar-refractivity contribution is 0.362. The van der Waals surface area contributed by atoms with Crippen LogP contribution < -0.4 is 0 Å². The Kier molecular flexibility index (Phi) is 3.70. The van der Waals surface area contributed by atoms with Gasteiger partial charge in [-0.3, -0.25) is 4.98 Å². The fraction of sp³-hybridized carbons (Fsp3) is 0.333. The molecule has 112 valence electrons. The zero-order valence-corrected chi connectivity index (χ0v) is 14.0. The molecule has 4 heteroatoms. The molecule has 4 rings (SSSR count). The highest BCUT2D eigenvalue weighted by molar-refractivity contribution is 9.10. The van der Waals surface area contributed by atoms with E-state index in [0.29, 0.717) is 6.04 Å². The van der Waals surface area contributed by atoms with Crippen molar-refractivity contribution in [1.29, 1.82) is 0 Å². The van der Waals surface area contributed by atoms with Crippen molar-refractivity contribution in [3.63, 3.8) is 0 Å². The van der Waals surface area contributed by atoms with Crippen molar-refractivity contribution in [2.24, 2.45) is 0 Å². The lowest BCUT2D eigenvalue weighted by Crippen LogP contribution is -2.14. The van der Waals surface area contributed by atoms with Gasteiger partial charge in [-0.05, 0) is 43.2 Å². The average molecular weight is 356 g/mol. The van der Waals surface area contributed by atoms with E-state index in [1.807, 2.05) is 18.3 Å². The van der Waals surface area contributed by atoms with Crippen LogP contribution in [0.25, 0.3) is 22.6 Å². The Labute approximate surface area is 138 Å². The van der Waals surface area contributed by atoms with E-state index in [1.54, 1.807) is 0 Å². The van der Waals surface area contributed by atoms with Gasteiger partial charge in [0, 0.05) is 16.7 Å². The Balaban J connectivity index is 1.93. The van der Waals surface area contributed by atoms with Crippen LogP contribution in [0, 0.1) is 0 Å². The van der Waals surface area contributed by atoms with E-state index < -0.39 is 0 Å². The maximum absolute atomic E-state index is 4.89. The van der Waals surface area contributed by atoms with Crippen LogP contribution in [0.4, 0.5) is 0 Å². The molecule has 0 bridgehead atoms. The number of pyridine rings is 1. The standard InChI is InChI=1S/C18H18BrN3/c19-13-9-10-17-16(12-13)21-18(15-8-4-5-11-20-15)22(17)14-6-2-1-3-7-14/h4-5,8-12,14H,1-3,6-7H2. The first-order chi connectivity index (χ1) is 10.8. The molecule has 0 spiro atoms. The number of rotatable bonds is 2. The number of benzene rings is 1. The van der Waals surface area contributed by atoms with Crippen LogP contribution in [-0.2, 0) is 0 Å². The topological polar surface area (TPSA) is 30.7 Å². The lowest BCUT2D eigenvalue weighted by Gasteiger charge is -2.25. The fourth-order valence-corrected chi connectivity index (χ4v) is 3.81. The summed E-state index contributed by atoms with van der Waals surface area (Å²) in [6.45, 7) is 0. The monoisotopic (exact) mass is 355 g/mol. The number of halogens is 1. The number of hydrogen-bond acceptors (Lipinski definition) is 2. The summed E-state index contributed by atoms with van der Waals surface area (Å²) in [7, 11) is 0. The molecule has 2 aromatic heterocycles. The summed E-state index contributed by atoms with van der Waals surface area (Å²) in [5.74, 6) is 1.00. The molecule has 3 nitrogen and oxygen atoms in total. The summed E-state index contributed by atoms with van der Waals surface area (Å²) < 4.78 is 3.49. The minimum Gasteiger partial charge on any atom is -0.320 e. The van der Waals surface area contributed by atoms with Crippen molar-refractivity contribution in [2.45, 2.75) is 38.1 Å². The number of imidazole rings is 1. The second kappa shape index (κ2) is 5.84. The van der Waals surface area contributed by atoms with Crippen molar-refractivity contribution < 1.29 is 0 Å². The van der Waals surface area contributed by atoms with E-state index in [1.165, 1.54) is 37.6 Å². The summed E-state index contributed by atoms with van der Waals surface area (Å²) in [6, 6.07) is 12.9. The van der Waals surface area contributed by atoms with Gasteiger partial charge in [0.05, 0.1) is 11.0 Å². The molecule has 0 unspecified atom stereocenters. The molecule has 22 heavy (non-hydrogen) atoms. The highest BCUT2D eigenvalue weighted by atomic mass is 79.9. The minimum absolute atomic E-state index is 0.539. The lowest BCUT2D eigenvalue weighted by atomic mass is 9.95. The van der Waals surface area contributed by atoms with Crippen molar-refractivity contribution in [1.82, 2.24) is 14.5 Å². The maximum Gasteiger partial charge on any atom is 0.160 e. The van der Waals surface area contributed by atoms with Crippen molar-refractivity contribution in [3.8, 4) is 11.5 Å². The smallest absolute Gasteiger partial charge is 0.160 e. The van der Waals surface area contributed by atoms with Crippen molar-refractivity contribution in [2.75, 3.05) is 0 Å². The Morgan fingerprint density at radius 3 is 2.68 bits per heavy atom. The number of aromatic nitrogens is 3. The molecule has 1 aliphatic rings. The number of fused-ring (bicyclic) bond motifs is 1. The largest absolute Gasteiger partial charge is 0.320 e. The fourth-order valence-electron chi connectivity index (χ4n) is 3.46. The highest BCUT2D eigenvalue weighted by Gasteiger charge is 2.22. The van der Waals surface area contributed by atoms with Crippen LogP contribution in [0.3, 0.4) is 0 Å². The first-order valence-corrected chi connectivity index (χ1v) is 8.71. The highest BCUT2D eigenvalue weighted by Crippen LogP contribution is 2.35. The molecule has 0 saturated heterocycles. The van der Waals surface area contributed by atoms with Crippen LogP contribution in [0.15, 0.2) is 47.1 Å². The van der Waals surface area contributed by atoms with Crippen LogP contribution in [-0.4, -0.2) is 14.5 Å². The first-order valence-electron chi connectivity index (χ1n) is 7.92. The third kappa shape index (κ3) is 2.45. The zero-order valence-electron chi connectivity index (χ0n) is 12.4. The second-order valence-electron chi connectivity index (χ2n) is 5.95. The molecule has 0 radical (unpaired) electrons. The molecule has 1 aliphatic carbocycles. The molecule has 1 fully saturated rings. The molecular formula is C18H18BrN3. The predicted octanol–water partition coefficient (Wildman–Crippen LogP) is 5.37. The quantitative estimate of drug-likeness (QED) is 0.618. The third-order valence-corrected chi connectivity index (χ3v) is 4.98. The molecule has 3 aromatic rings. The van der Waals surface area contributed by atoms with Crippen LogP contribution in [0.1, 0.15) is 38.1 Å². The molecule has 1 aromatic carbocycles. The maximum atomic E-state index is 4.89. The van der Waals surface area contributed by atoms with Crippen molar-refractivity contribution in [3.05, 3.63) is 47.1 Å². The van der Waals surface area contributed by atoms with E-state index >= 15 is 0 Å². The molecule has 0 aliphatic heterocycles. The van der Waals surface area contributed by atoms with Gasteiger partial charge in [0.1, 0.15) is 5.69 Å². The second-order valence-corrected chi connectivity index (χ2v) is 6.86. The Hall–Kier alpha value is -1.68. The number of nitrogens with zero attached hydrogens (tertiary/aromatic N) is 3. The molecular weight excluding hydrogens is 338 g/mol. The summed E-state index contributed by atoms with van der Waals surface area (Å²) in [4.78, 5) is 9.42. The van der Waals surface area contributed by atoms with Crippen LogP contribution in [0.2, 0.25) is 0 Å². The average Bonchev–Trinajstić information content (AvgIpc) is 2.95. The molecule has 0 amide bonds. The van der Waals surface area contributed by atoms with Gasteiger partial charge in [0.15, 0.2) is 5.82 Å². The number of hydrogen-bond donors (Lipinski definition) is 0. The van der Waals surface area contributed by atoms with Gasteiger partial charge >= 0.3 is 0 Å². The van der Waals surface area contributed by atoms with E-state index in [9.17, 15) is 0 Å². The zero-order chi connectivity index (χ0) is 14.9. The minimum atomic E-state index is 0.539.